The van der Waals surface area contributed by atoms with Crippen LogP contribution in [0.4, 0.5) is 0 Å². The molecule has 112 valence electrons. The number of ether oxygens (including phenoxy) is 1. The van der Waals surface area contributed by atoms with E-state index in [0.29, 0.717) is 11.6 Å². The Morgan fingerprint density at radius 3 is 2.73 bits per heavy atom. The van der Waals surface area contributed by atoms with Crippen molar-refractivity contribution in [3.63, 3.8) is 0 Å². The van der Waals surface area contributed by atoms with E-state index < -0.39 is 0 Å². The molecule has 2 aromatic carbocycles. The first-order valence-corrected chi connectivity index (χ1v) is 7.23. The third-order valence-corrected chi connectivity index (χ3v) is 3.25. The van der Waals surface area contributed by atoms with Gasteiger partial charge in [0, 0.05) is 23.1 Å². The summed E-state index contributed by atoms with van der Waals surface area (Å²) in [6, 6.07) is 14.8. The minimum atomic E-state index is -0.295. The number of methoxy groups -OCH3 is 1. The normalized spacial score (nSPS) is 9.55. The Balaban J connectivity index is 1.83. The topological polar surface area (TPSA) is 38.3 Å². The number of hydrogen-bond acceptors (Lipinski definition) is 2. The number of rotatable bonds is 4. The summed E-state index contributed by atoms with van der Waals surface area (Å²) in [4.78, 5) is 11.7. The molecular weight excluding hydrogens is 298 g/mol. The highest BCUT2D eigenvalue weighted by atomic mass is 35.5. The molecule has 1 N–H and O–H groups in total. The van der Waals surface area contributed by atoms with Gasteiger partial charge in [0.2, 0.25) is 0 Å². The van der Waals surface area contributed by atoms with Gasteiger partial charge in [0.1, 0.15) is 5.75 Å². The Labute approximate surface area is 135 Å². The number of carbonyl (C=O) groups excluding carboxylic acids is 1. The van der Waals surface area contributed by atoms with Gasteiger partial charge < -0.3 is 10.1 Å². The maximum absolute atomic E-state index is 11.7. The largest absolute Gasteiger partial charge is 0.497 e. The fourth-order valence-corrected chi connectivity index (χ4v) is 1.97. The Bertz CT molecular complexity index is 699. The highest BCUT2D eigenvalue weighted by Gasteiger charge is 1.97. The zero-order valence-electron chi connectivity index (χ0n) is 12.2. The molecule has 0 saturated heterocycles. The number of amides is 1. The fourth-order valence-electron chi connectivity index (χ4n) is 1.85. The van der Waals surface area contributed by atoms with Gasteiger partial charge in [0.25, 0.3) is 5.91 Å². The predicted molar refractivity (Wildman–Crippen MR) is 88.0 cm³/mol. The van der Waals surface area contributed by atoms with Crippen molar-refractivity contribution in [2.24, 2.45) is 0 Å². The van der Waals surface area contributed by atoms with Crippen molar-refractivity contribution in [1.29, 1.82) is 0 Å². The van der Waals surface area contributed by atoms with Crippen molar-refractivity contribution in [3.8, 4) is 17.6 Å². The highest BCUT2D eigenvalue weighted by molar-refractivity contribution is 6.30. The van der Waals surface area contributed by atoms with Gasteiger partial charge in [-0.25, -0.2) is 0 Å². The van der Waals surface area contributed by atoms with Gasteiger partial charge in [-0.15, -0.1) is 0 Å². The van der Waals surface area contributed by atoms with E-state index in [9.17, 15) is 4.79 Å². The highest BCUT2D eigenvalue weighted by Crippen LogP contribution is 2.11. The lowest BCUT2D eigenvalue weighted by molar-refractivity contribution is -0.115. The molecule has 3 nitrogen and oxygen atoms in total. The van der Waals surface area contributed by atoms with Crippen LogP contribution < -0.4 is 10.1 Å². The number of halogens is 1. The van der Waals surface area contributed by atoms with E-state index in [1.807, 2.05) is 42.5 Å². The number of hydrogen-bond donors (Lipinski definition) is 1. The van der Waals surface area contributed by atoms with Crippen LogP contribution >= 0.6 is 11.6 Å². The molecule has 0 saturated carbocycles. The standard InChI is InChI=1S/C18H16ClNO2/c1-22-17-4-2-3-15(13-17)7-10-18(21)20-12-11-14-5-8-16(19)9-6-14/h2-6,8-9,13H,11-12H2,1H3,(H,20,21). The minimum Gasteiger partial charge on any atom is -0.497 e. The molecule has 0 bridgehead atoms. The second-order valence-electron chi connectivity index (χ2n) is 4.61. The van der Waals surface area contributed by atoms with E-state index in [0.717, 1.165) is 23.3 Å². The van der Waals surface area contributed by atoms with Gasteiger partial charge in [-0.2, -0.15) is 0 Å². The summed E-state index contributed by atoms with van der Waals surface area (Å²) in [6.07, 6.45) is 0.740. The molecule has 0 aliphatic carbocycles. The van der Waals surface area contributed by atoms with Crippen LogP contribution in [0.3, 0.4) is 0 Å². The average molecular weight is 314 g/mol. The summed E-state index contributed by atoms with van der Waals surface area (Å²) in [5, 5.41) is 3.47. The lowest BCUT2D eigenvalue weighted by Crippen LogP contribution is -2.23. The lowest BCUT2D eigenvalue weighted by Gasteiger charge is -2.02. The smallest absolute Gasteiger partial charge is 0.296 e. The first kappa shape index (κ1) is 15.9. The van der Waals surface area contributed by atoms with Crippen LogP contribution in [0.15, 0.2) is 48.5 Å². The van der Waals surface area contributed by atoms with Crippen LogP contribution in [-0.4, -0.2) is 19.6 Å². The van der Waals surface area contributed by atoms with Crippen molar-refractivity contribution < 1.29 is 9.53 Å². The summed E-state index contributed by atoms with van der Waals surface area (Å²) in [7, 11) is 1.59. The maximum Gasteiger partial charge on any atom is 0.296 e. The van der Waals surface area contributed by atoms with Crippen LogP contribution in [0.25, 0.3) is 0 Å². The minimum absolute atomic E-state index is 0.295. The van der Waals surface area contributed by atoms with Crippen LogP contribution in [0.2, 0.25) is 5.02 Å². The van der Waals surface area contributed by atoms with Crippen molar-refractivity contribution in [2.45, 2.75) is 6.42 Å². The summed E-state index contributed by atoms with van der Waals surface area (Å²) in [6.45, 7) is 0.535. The van der Waals surface area contributed by atoms with Gasteiger partial charge in [0.05, 0.1) is 7.11 Å². The van der Waals surface area contributed by atoms with E-state index in [4.69, 9.17) is 16.3 Å². The second kappa shape index (κ2) is 8.11. The van der Waals surface area contributed by atoms with Crippen LogP contribution in [0.1, 0.15) is 11.1 Å². The summed E-state index contributed by atoms with van der Waals surface area (Å²) >= 11 is 5.82. The van der Waals surface area contributed by atoms with Crippen LogP contribution in [0.5, 0.6) is 5.75 Å². The number of carbonyl (C=O) groups is 1. The molecule has 2 rings (SSSR count). The maximum atomic E-state index is 11.7. The van der Waals surface area contributed by atoms with Gasteiger partial charge >= 0.3 is 0 Å². The predicted octanol–water partition coefficient (Wildman–Crippen LogP) is 3.06. The average Bonchev–Trinajstić information content (AvgIpc) is 2.55. The molecule has 0 aromatic heterocycles. The zero-order chi connectivity index (χ0) is 15.8. The monoisotopic (exact) mass is 313 g/mol. The van der Waals surface area contributed by atoms with Crippen LogP contribution in [-0.2, 0) is 11.2 Å². The molecule has 0 aliphatic heterocycles. The molecule has 1 amide bonds. The molecule has 0 atom stereocenters. The summed E-state index contributed by atoms with van der Waals surface area (Å²) < 4.78 is 5.11. The molecule has 0 heterocycles. The molecule has 0 unspecified atom stereocenters. The van der Waals surface area contributed by atoms with Crippen molar-refractivity contribution >= 4 is 17.5 Å². The first-order valence-electron chi connectivity index (χ1n) is 6.86. The number of nitrogens with one attached hydrogen (secondary N) is 1. The van der Waals surface area contributed by atoms with Crippen molar-refractivity contribution in [2.75, 3.05) is 13.7 Å². The molecule has 0 fully saturated rings. The number of benzene rings is 2. The van der Waals surface area contributed by atoms with Gasteiger partial charge in [-0.1, -0.05) is 35.7 Å². The summed E-state index contributed by atoms with van der Waals surface area (Å²) in [5.41, 5.74) is 1.86. The van der Waals surface area contributed by atoms with Gasteiger partial charge in [-0.05, 0) is 42.3 Å². The zero-order valence-corrected chi connectivity index (χ0v) is 13.0. The lowest BCUT2D eigenvalue weighted by atomic mass is 10.1. The Morgan fingerprint density at radius 1 is 1.23 bits per heavy atom. The molecule has 0 radical (unpaired) electrons. The second-order valence-corrected chi connectivity index (χ2v) is 5.05. The quantitative estimate of drug-likeness (QED) is 0.881. The SMILES string of the molecule is COc1cccc(C#CC(=O)NCCc2ccc(Cl)cc2)c1. The molecular formula is C18H16ClNO2. The fraction of sp³-hybridized carbons (Fsp3) is 0.167. The first-order chi connectivity index (χ1) is 10.7. The van der Waals surface area contributed by atoms with E-state index >= 15 is 0 Å². The molecule has 22 heavy (non-hydrogen) atoms. The van der Waals surface area contributed by atoms with Crippen LogP contribution in [0, 0.1) is 11.8 Å². The molecule has 0 aliphatic rings. The van der Waals surface area contributed by atoms with Crippen molar-refractivity contribution in [1.82, 2.24) is 5.32 Å². The van der Waals surface area contributed by atoms with Crippen molar-refractivity contribution in [3.05, 3.63) is 64.7 Å². The van der Waals surface area contributed by atoms with E-state index in [2.05, 4.69) is 17.2 Å². The van der Waals surface area contributed by atoms with E-state index in [-0.39, 0.29) is 5.91 Å². The van der Waals surface area contributed by atoms with Gasteiger partial charge in [0.15, 0.2) is 0 Å². The third-order valence-electron chi connectivity index (χ3n) is 3.00. The Kier molecular flexibility index (Phi) is 5.88. The molecule has 2 aromatic rings. The van der Waals surface area contributed by atoms with E-state index in [1.165, 1.54) is 0 Å². The molecule has 0 spiro atoms. The third kappa shape index (κ3) is 5.16. The van der Waals surface area contributed by atoms with Gasteiger partial charge in [-0.3, -0.25) is 4.79 Å². The summed E-state index contributed by atoms with van der Waals surface area (Å²) in [5.74, 6) is 5.81. The van der Waals surface area contributed by atoms with E-state index in [1.54, 1.807) is 13.2 Å². The Hall–Kier alpha value is -2.44. The Morgan fingerprint density at radius 2 is 2.00 bits per heavy atom. The molecule has 4 heteroatoms.